The number of sulfonamides is 1. The van der Waals surface area contributed by atoms with Crippen LogP contribution in [0.1, 0.15) is 49.4 Å². The monoisotopic (exact) mass is 460 g/mol. The van der Waals surface area contributed by atoms with Crippen LogP contribution < -0.4 is 14.8 Å². The Bertz CT molecular complexity index is 1050. The Kier molecular flexibility index (Phi) is 7.74. The summed E-state index contributed by atoms with van der Waals surface area (Å²) in [7, 11) is -2.41. The zero-order valence-electron chi connectivity index (χ0n) is 18.2. The molecule has 0 saturated heterocycles. The lowest BCUT2D eigenvalue weighted by Gasteiger charge is -2.24. The molecular weight excluding hydrogens is 432 g/mol. The van der Waals surface area contributed by atoms with Crippen LogP contribution in [0.5, 0.6) is 5.75 Å². The third-order valence-corrected chi connectivity index (χ3v) is 6.71. The number of hydrogen-bond acceptors (Lipinski definition) is 6. The van der Waals surface area contributed by atoms with Gasteiger partial charge in [-0.15, -0.1) is 0 Å². The quantitative estimate of drug-likeness (QED) is 0.584. The second-order valence-electron chi connectivity index (χ2n) is 7.75. The zero-order valence-corrected chi connectivity index (χ0v) is 19.0. The van der Waals surface area contributed by atoms with Crippen LogP contribution >= 0.6 is 0 Å². The number of anilines is 1. The summed E-state index contributed by atoms with van der Waals surface area (Å²) in [5.41, 5.74) is 0.395. The van der Waals surface area contributed by atoms with Gasteiger partial charge in [0.15, 0.2) is 6.10 Å². The van der Waals surface area contributed by atoms with Crippen LogP contribution in [0.15, 0.2) is 53.4 Å². The maximum absolute atomic E-state index is 12.7. The van der Waals surface area contributed by atoms with Crippen molar-refractivity contribution in [1.29, 1.82) is 0 Å². The maximum Gasteiger partial charge on any atom is 0.338 e. The van der Waals surface area contributed by atoms with Gasteiger partial charge in [-0.05, 0) is 62.2 Å². The Morgan fingerprint density at radius 3 is 2.38 bits per heavy atom. The van der Waals surface area contributed by atoms with Gasteiger partial charge in [-0.2, -0.15) is 0 Å². The number of esters is 1. The van der Waals surface area contributed by atoms with E-state index in [0.29, 0.717) is 11.4 Å². The van der Waals surface area contributed by atoms with Gasteiger partial charge in [0.1, 0.15) is 5.75 Å². The van der Waals surface area contributed by atoms with Crippen molar-refractivity contribution < 1.29 is 27.5 Å². The van der Waals surface area contributed by atoms with Gasteiger partial charge >= 0.3 is 5.97 Å². The van der Waals surface area contributed by atoms with E-state index < -0.39 is 22.1 Å². The third kappa shape index (κ3) is 6.23. The lowest BCUT2D eigenvalue weighted by molar-refractivity contribution is -0.130. The van der Waals surface area contributed by atoms with Crippen LogP contribution in [0.2, 0.25) is 0 Å². The van der Waals surface area contributed by atoms with Crippen molar-refractivity contribution in [3.8, 4) is 5.75 Å². The normalized spacial score (nSPS) is 15.4. The van der Waals surface area contributed by atoms with Crippen LogP contribution in [-0.4, -0.2) is 39.5 Å². The Morgan fingerprint density at radius 2 is 1.72 bits per heavy atom. The molecule has 8 nitrogen and oxygen atoms in total. The fraction of sp³-hybridized carbons (Fsp3) is 0.391. The van der Waals surface area contributed by atoms with Crippen LogP contribution in [-0.2, 0) is 19.6 Å². The van der Waals surface area contributed by atoms with E-state index >= 15 is 0 Å². The van der Waals surface area contributed by atoms with Gasteiger partial charge in [-0.3, -0.25) is 9.52 Å². The van der Waals surface area contributed by atoms with Gasteiger partial charge in [-0.25, -0.2) is 13.2 Å². The molecule has 2 aromatic rings. The summed E-state index contributed by atoms with van der Waals surface area (Å²) in [5.74, 6) is -0.521. The molecule has 3 rings (SSSR count). The third-order valence-electron chi connectivity index (χ3n) is 5.33. The van der Waals surface area contributed by atoms with Crippen LogP contribution in [0, 0.1) is 0 Å². The van der Waals surface area contributed by atoms with Gasteiger partial charge in [0.05, 0.1) is 17.6 Å². The fourth-order valence-corrected chi connectivity index (χ4v) is 4.62. The lowest BCUT2D eigenvalue weighted by atomic mass is 9.95. The number of carbonyl (C=O) groups is 2. The van der Waals surface area contributed by atoms with Crippen molar-refractivity contribution in [3.63, 3.8) is 0 Å². The van der Waals surface area contributed by atoms with Gasteiger partial charge in [0.2, 0.25) is 0 Å². The number of ether oxygens (including phenoxy) is 2. The van der Waals surface area contributed by atoms with Crippen LogP contribution in [0.25, 0.3) is 0 Å². The average molecular weight is 461 g/mol. The van der Waals surface area contributed by atoms with E-state index in [4.69, 9.17) is 9.47 Å². The number of benzene rings is 2. The molecule has 1 aliphatic carbocycles. The second kappa shape index (κ2) is 10.5. The van der Waals surface area contributed by atoms with E-state index in [1.165, 1.54) is 44.7 Å². The fourth-order valence-electron chi connectivity index (χ4n) is 3.51. The highest BCUT2D eigenvalue weighted by molar-refractivity contribution is 7.92. The summed E-state index contributed by atoms with van der Waals surface area (Å²) in [4.78, 5) is 24.8. The SMILES string of the molecule is COc1ccc(NS(=O)(=O)c2cccc(C(=O)OC(C)C(=O)NC3CCCCC3)c2)cc1. The van der Waals surface area contributed by atoms with Gasteiger partial charge < -0.3 is 14.8 Å². The minimum atomic E-state index is -3.93. The maximum atomic E-state index is 12.7. The van der Waals surface area contributed by atoms with E-state index in [9.17, 15) is 18.0 Å². The first-order valence-electron chi connectivity index (χ1n) is 10.6. The Morgan fingerprint density at radius 1 is 1.03 bits per heavy atom. The summed E-state index contributed by atoms with van der Waals surface area (Å²) in [6, 6.07) is 12.0. The minimum Gasteiger partial charge on any atom is -0.497 e. The molecule has 0 heterocycles. The standard InChI is InChI=1S/C23H28N2O6S/c1-16(22(26)24-18-8-4-3-5-9-18)31-23(27)17-7-6-10-21(15-17)32(28,29)25-19-11-13-20(30-2)14-12-19/h6-7,10-16,18,25H,3-5,8-9H2,1-2H3,(H,24,26). The van der Waals surface area contributed by atoms with Gasteiger partial charge in [-0.1, -0.05) is 25.3 Å². The molecule has 9 heteroatoms. The van der Waals surface area contributed by atoms with Crippen LogP contribution in [0.4, 0.5) is 5.69 Å². The molecule has 1 aliphatic rings. The summed E-state index contributed by atoms with van der Waals surface area (Å²) < 4.78 is 38.2. The smallest absolute Gasteiger partial charge is 0.338 e. The predicted octanol–water partition coefficient (Wildman–Crippen LogP) is 3.49. The molecule has 0 radical (unpaired) electrons. The van der Waals surface area contributed by atoms with Crippen molar-refractivity contribution in [3.05, 3.63) is 54.1 Å². The van der Waals surface area contributed by atoms with E-state index in [0.717, 1.165) is 25.7 Å². The van der Waals surface area contributed by atoms with Gasteiger partial charge in [0.25, 0.3) is 15.9 Å². The first-order valence-corrected chi connectivity index (χ1v) is 12.0. The molecule has 2 aromatic carbocycles. The number of rotatable bonds is 8. The number of carbonyl (C=O) groups excluding carboxylic acids is 2. The molecule has 1 unspecified atom stereocenters. The second-order valence-corrected chi connectivity index (χ2v) is 9.44. The Balaban J connectivity index is 1.64. The molecule has 0 aromatic heterocycles. The van der Waals surface area contributed by atoms with Crippen molar-refractivity contribution in [1.82, 2.24) is 5.32 Å². The van der Waals surface area contributed by atoms with E-state index in [1.54, 1.807) is 24.3 Å². The molecule has 0 spiro atoms. The molecule has 0 aliphatic heterocycles. The Hall–Kier alpha value is -3.07. The largest absolute Gasteiger partial charge is 0.497 e. The van der Waals surface area contributed by atoms with Crippen molar-refractivity contribution in [2.45, 2.75) is 56.1 Å². The summed E-state index contributed by atoms with van der Waals surface area (Å²) in [5, 5.41) is 2.92. The predicted molar refractivity (Wildman–Crippen MR) is 120 cm³/mol. The Labute approximate surface area is 188 Å². The average Bonchev–Trinajstić information content (AvgIpc) is 2.80. The van der Waals surface area contributed by atoms with Crippen molar-refractivity contribution in [2.24, 2.45) is 0 Å². The van der Waals surface area contributed by atoms with Gasteiger partial charge in [0, 0.05) is 11.7 Å². The zero-order chi connectivity index (χ0) is 23.1. The highest BCUT2D eigenvalue weighted by Gasteiger charge is 2.24. The molecular formula is C23H28N2O6S. The number of methoxy groups -OCH3 is 1. The highest BCUT2D eigenvalue weighted by Crippen LogP contribution is 2.21. The summed E-state index contributed by atoms with van der Waals surface area (Å²) >= 11 is 0. The van der Waals surface area contributed by atoms with Crippen LogP contribution in [0.3, 0.4) is 0 Å². The number of amides is 1. The molecule has 0 bridgehead atoms. The van der Waals surface area contributed by atoms with E-state index in [1.807, 2.05) is 0 Å². The van der Waals surface area contributed by atoms with E-state index in [2.05, 4.69) is 10.0 Å². The highest BCUT2D eigenvalue weighted by atomic mass is 32.2. The molecule has 32 heavy (non-hydrogen) atoms. The molecule has 2 N–H and O–H groups in total. The summed E-state index contributed by atoms with van der Waals surface area (Å²) in [6.45, 7) is 1.50. The molecule has 1 amide bonds. The number of nitrogens with one attached hydrogen (secondary N) is 2. The van der Waals surface area contributed by atoms with Crippen molar-refractivity contribution in [2.75, 3.05) is 11.8 Å². The topological polar surface area (TPSA) is 111 Å². The first-order chi connectivity index (χ1) is 15.3. The first kappa shape index (κ1) is 23.6. The number of hydrogen-bond donors (Lipinski definition) is 2. The molecule has 1 atom stereocenters. The lowest BCUT2D eigenvalue weighted by Crippen LogP contribution is -2.42. The van der Waals surface area contributed by atoms with E-state index in [-0.39, 0.29) is 22.4 Å². The van der Waals surface area contributed by atoms with Crippen molar-refractivity contribution >= 4 is 27.6 Å². The molecule has 172 valence electrons. The molecule has 1 saturated carbocycles. The summed E-state index contributed by atoms with van der Waals surface area (Å²) in [6.07, 6.45) is 4.18. The minimum absolute atomic E-state index is 0.0416. The molecule has 1 fully saturated rings.